The van der Waals surface area contributed by atoms with E-state index in [1.165, 1.54) is 17.8 Å². The minimum absolute atomic E-state index is 0.0391. The van der Waals surface area contributed by atoms with Crippen molar-refractivity contribution >= 4 is 23.4 Å². The Hall–Kier alpha value is -2.67. The molecule has 0 radical (unpaired) electrons. The molecule has 3 rings (SSSR count). The van der Waals surface area contributed by atoms with Crippen LogP contribution in [-0.2, 0) is 11.3 Å². The van der Waals surface area contributed by atoms with E-state index in [1.54, 1.807) is 30.1 Å². The molecule has 0 fully saturated rings. The first-order valence-corrected chi connectivity index (χ1v) is 10.1. The fraction of sp³-hybridized carbons (Fsp3) is 0.286. The lowest BCUT2D eigenvalue weighted by Gasteiger charge is -2.17. The van der Waals surface area contributed by atoms with E-state index in [2.05, 4.69) is 24.0 Å². The molecule has 0 aliphatic rings. The number of benzene rings is 2. The number of aromatic nitrogens is 3. The van der Waals surface area contributed by atoms with E-state index in [9.17, 15) is 9.18 Å². The van der Waals surface area contributed by atoms with Gasteiger partial charge >= 0.3 is 0 Å². The molecule has 0 aliphatic heterocycles. The van der Waals surface area contributed by atoms with Crippen molar-refractivity contribution in [2.45, 2.75) is 25.5 Å². The van der Waals surface area contributed by atoms with Gasteiger partial charge in [-0.05, 0) is 30.2 Å². The van der Waals surface area contributed by atoms with Gasteiger partial charge in [0.05, 0.1) is 11.3 Å². The van der Waals surface area contributed by atoms with E-state index in [-0.39, 0.29) is 17.5 Å². The molecule has 1 heterocycles. The second kappa shape index (κ2) is 9.01. The number of anilines is 1. The van der Waals surface area contributed by atoms with Gasteiger partial charge in [-0.25, -0.2) is 4.39 Å². The van der Waals surface area contributed by atoms with Crippen LogP contribution >= 0.6 is 11.8 Å². The summed E-state index contributed by atoms with van der Waals surface area (Å²) in [5, 5.41) is 9.05. The third kappa shape index (κ3) is 4.59. The molecule has 3 aromatic rings. The van der Waals surface area contributed by atoms with Gasteiger partial charge in [0.15, 0.2) is 11.0 Å². The van der Waals surface area contributed by atoms with Gasteiger partial charge in [-0.3, -0.25) is 4.79 Å². The Balaban J connectivity index is 1.80. The number of hydrogen-bond acceptors (Lipinski definition) is 4. The minimum atomic E-state index is -0.337. The zero-order chi connectivity index (χ0) is 20.1. The standard InChI is InChI=1S/C21H23FN4OS/c1-15(2)13-26-20(17-11-7-8-12-18(17)22)23-24-21(26)28-14-19(27)25(3)16-9-5-4-6-10-16/h4-12,15H,13-14H2,1-3H3. The van der Waals surface area contributed by atoms with Crippen LogP contribution < -0.4 is 4.90 Å². The van der Waals surface area contributed by atoms with Gasteiger partial charge in [-0.2, -0.15) is 0 Å². The normalized spacial score (nSPS) is 11.0. The Morgan fingerprint density at radius 1 is 1.11 bits per heavy atom. The van der Waals surface area contributed by atoms with E-state index in [0.29, 0.717) is 29.0 Å². The van der Waals surface area contributed by atoms with E-state index >= 15 is 0 Å². The van der Waals surface area contributed by atoms with Crippen molar-refractivity contribution in [2.24, 2.45) is 5.92 Å². The summed E-state index contributed by atoms with van der Waals surface area (Å²) in [6, 6.07) is 16.0. The summed E-state index contributed by atoms with van der Waals surface area (Å²) >= 11 is 1.32. The molecule has 0 saturated carbocycles. The van der Waals surface area contributed by atoms with Crippen molar-refractivity contribution in [1.29, 1.82) is 0 Å². The summed E-state index contributed by atoms with van der Waals surface area (Å²) in [6.45, 7) is 4.80. The first kappa shape index (κ1) is 20.1. The molecule has 1 aromatic heterocycles. The maximum atomic E-state index is 14.3. The summed E-state index contributed by atoms with van der Waals surface area (Å²) < 4.78 is 16.2. The summed E-state index contributed by atoms with van der Waals surface area (Å²) in [6.07, 6.45) is 0. The highest BCUT2D eigenvalue weighted by molar-refractivity contribution is 7.99. The Kier molecular flexibility index (Phi) is 6.46. The second-order valence-electron chi connectivity index (χ2n) is 6.87. The Labute approximate surface area is 168 Å². The first-order chi connectivity index (χ1) is 13.5. The highest BCUT2D eigenvalue weighted by atomic mass is 32.2. The summed E-state index contributed by atoms with van der Waals surface area (Å²) in [5.74, 6) is 0.652. The van der Waals surface area contributed by atoms with Crippen molar-refractivity contribution in [3.05, 3.63) is 60.4 Å². The quantitative estimate of drug-likeness (QED) is 0.550. The lowest BCUT2D eigenvalue weighted by molar-refractivity contribution is -0.115. The molecule has 28 heavy (non-hydrogen) atoms. The van der Waals surface area contributed by atoms with Crippen molar-refractivity contribution in [2.75, 3.05) is 17.7 Å². The van der Waals surface area contributed by atoms with Crippen LogP contribution in [0, 0.1) is 11.7 Å². The second-order valence-corrected chi connectivity index (χ2v) is 7.81. The number of carbonyl (C=O) groups excluding carboxylic acids is 1. The van der Waals surface area contributed by atoms with Crippen LogP contribution in [0.25, 0.3) is 11.4 Å². The maximum absolute atomic E-state index is 14.3. The fourth-order valence-electron chi connectivity index (χ4n) is 2.79. The molecule has 0 saturated heterocycles. The third-order valence-electron chi connectivity index (χ3n) is 4.22. The number of amides is 1. The van der Waals surface area contributed by atoms with E-state index in [0.717, 1.165) is 5.69 Å². The zero-order valence-corrected chi connectivity index (χ0v) is 17.0. The number of rotatable bonds is 7. The molecule has 0 N–H and O–H groups in total. The predicted molar refractivity (Wildman–Crippen MR) is 111 cm³/mol. The van der Waals surface area contributed by atoms with Crippen LogP contribution in [-0.4, -0.2) is 33.5 Å². The van der Waals surface area contributed by atoms with Crippen LogP contribution in [0.4, 0.5) is 10.1 Å². The van der Waals surface area contributed by atoms with Crippen molar-refractivity contribution in [1.82, 2.24) is 14.8 Å². The van der Waals surface area contributed by atoms with Gasteiger partial charge in [0.1, 0.15) is 5.82 Å². The number of nitrogens with zero attached hydrogens (tertiary/aromatic N) is 4. The van der Waals surface area contributed by atoms with Crippen LogP contribution in [0.1, 0.15) is 13.8 Å². The third-order valence-corrected chi connectivity index (χ3v) is 5.17. The fourth-order valence-corrected chi connectivity index (χ4v) is 3.65. The molecule has 2 aromatic carbocycles. The van der Waals surface area contributed by atoms with E-state index < -0.39 is 0 Å². The van der Waals surface area contributed by atoms with Crippen molar-refractivity contribution in [3.63, 3.8) is 0 Å². The largest absolute Gasteiger partial charge is 0.315 e. The van der Waals surface area contributed by atoms with Gasteiger partial charge in [0.25, 0.3) is 0 Å². The Morgan fingerprint density at radius 3 is 2.46 bits per heavy atom. The number of hydrogen-bond donors (Lipinski definition) is 0. The van der Waals surface area contributed by atoms with Crippen molar-refractivity contribution < 1.29 is 9.18 Å². The maximum Gasteiger partial charge on any atom is 0.237 e. The molecule has 0 atom stereocenters. The molecule has 1 amide bonds. The first-order valence-electron chi connectivity index (χ1n) is 9.10. The van der Waals surface area contributed by atoms with E-state index in [1.807, 2.05) is 34.9 Å². The molecular weight excluding hydrogens is 375 g/mol. The minimum Gasteiger partial charge on any atom is -0.315 e. The molecule has 0 bridgehead atoms. The molecule has 0 aliphatic carbocycles. The Bertz CT molecular complexity index is 943. The average Bonchev–Trinajstić information content (AvgIpc) is 3.08. The lowest BCUT2D eigenvalue weighted by atomic mass is 10.2. The van der Waals surface area contributed by atoms with Crippen LogP contribution in [0.2, 0.25) is 0 Å². The average molecular weight is 399 g/mol. The van der Waals surface area contributed by atoms with Gasteiger partial charge in [0.2, 0.25) is 5.91 Å². The van der Waals surface area contributed by atoms with Crippen LogP contribution in [0.3, 0.4) is 0 Å². The highest BCUT2D eigenvalue weighted by Crippen LogP contribution is 2.27. The number of carbonyl (C=O) groups is 1. The van der Waals surface area contributed by atoms with E-state index in [4.69, 9.17) is 0 Å². The smallest absolute Gasteiger partial charge is 0.237 e. The highest BCUT2D eigenvalue weighted by Gasteiger charge is 2.19. The Morgan fingerprint density at radius 2 is 1.79 bits per heavy atom. The molecule has 0 spiro atoms. The molecule has 5 nitrogen and oxygen atoms in total. The molecule has 0 unspecified atom stereocenters. The lowest BCUT2D eigenvalue weighted by Crippen LogP contribution is -2.28. The van der Waals surface area contributed by atoms with Crippen LogP contribution in [0.5, 0.6) is 0 Å². The number of para-hydroxylation sites is 1. The van der Waals surface area contributed by atoms with Crippen molar-refractivity contribution in [3.8, 4) is 11.4 Å². The van der Waals surface area contributed by atoms with Gasteiger partial charge < -0.3 is 9.47 Å². The summed E-state index contributed by atoms with van der Waals surface area (Å²) in [5.41, 5.74) is 1.25. The van der Waals surface area contributed by atoms with Gasteiger partial charge in [-0.1, -0.05) is 55.9 Å². The van der Waals surface area contributed by atoms with Gasteiger partial charge in [0, 0.05) is 19.3 Å². The van der Waals surface area contributed by atoms with Crippen LogP contribution in [0.15, 0.2) is 59.8 Å². The SMILES string of the molecule is CC(C)Cn1c(SCC(=O)N(C)c2ccccc2)nnc1-c1ccccc1F. The number of halogens is 1. The molecule has 7 heteroatoms. The predicted octanol–water partition coefficient (Wildman–Crippen LogP) is 4.50. The summed E-state index contributed by atoms with van der Waals surface area (Å²) in [4.78, 5) is 14.2. The molecular formula is C21H23FN4OS. The zero-order valence-electron chi connectivity index (χ0n) is 16.2. The van der Waals surface area contributed by atoms with Gasteiger partial charge in [-0.15, -0.1) is 10.2 Å². The monoisotopic (exact) mass is 398 g/mol. The topological polar surface area (TPSA) is 51.0 Å². The molecule has 146 valence electrons. The summed E-state index contributed by atoms with van der Waals surface area (Å²) in [7, 11) is 1.75. The number of thioether (sulfide) groups is 1.